The lowest BCUT2D eigenvalue weighted by Gasteiger charge is -1.97. The maximum absolute atomic E-state index is 9.92. The third-order valence-corrected chi connectivity index (χ3v) is 3.34. The lowest BCUT2D eigenvalue weighted by molar-refractivity contribution is -0.131. The molecule has 9 heavy (non-hydrogen) atoms. The lowest BCUT2D eigenvalue weighted by Crippen LogP contribution is -2.02. The van der Waals surface area contributed by atoms with Gasteiger partial charge in [0.1, 0.15) is 0 Å². The van der Waals surface area contributed by atoms with E-state index in [1.165, 1.54) is 0 Å². The van der Waals surface area contributed by atoms with Crippen LogP contribution >= 0.6 is 45.9 Å². The molecule has 0 rings (SSSR count). The molecule has 0 saturated carbocycles. The van der Waals surface area contributed by atoms with E-state index in [1.807, 2.05) is 0 Å². The van der Waals surface area contributed by atoms with Gasteiger partial charge in [-0.25, -0.2) is 4.79 Å². The topological polar surface area (TPSA) is 37.3 Å². The summed E-state index contributed by atoms with van der Waals surface area (Å²) in [5.41, 5.74) is 1.55. The zero-order valence-corrected chi connectivity index (χ0v) is 9.90. The Morgan fingerprint density at radius 3 is 2.00 bits per heavy atom. The van der Waals surface area contributed by atoms with Gasteiger partial charge in [-0.05, 0) is 0 Å². The molecular weight excluding hydrogens is 336 g/mol. The first-order chi connectivity index (χ1) is 3.92. The molecule has 1 N–H and O–H groups in total. The average molecular weight is 339 g/mol. The largest absolute Gasteiger partial charge is 0.478 e. The first-order valence-electron chi connectivity index (χ1n) is 1.91. The van der Waals surface area contributed by atoms with Crippen molar-refractivity contribution in [2.45, 2.75) is 0 Å². The second-order valence-corrected chi connectivity index (χ2v) is 23.5. The van der Waals surface area contributed by atoms with Crippen LogP contribution in [0.1, 0.15) is 0 Å². The number of carbonyl (C=O) groups is 1. The van der Waals surface area contributed by atoms with E-state index in [9.17, 15) is 4.79 Å². The van der Waals surface area contributed by atoms with Gasteiger partial charge < -0.3 is 5.11 Å². The Morgan fingerprint density at radius 1 is 1.44 bits per heavy atom. The predicted molar refractivity (Wildman–Crippen MR) is 49.3 cm³/mol. The molecule has 0 aliphatic rings. The van der Waals surface area contributed by atoms with Gasteiger partial charge in [0.2, 0.25) is 0 Å². The Labute approximate surface area is 77.1 Å². The van der Waals surface area contributed by atoms with Gasteiger partial charge in [-0.2, -0.15) is 0 Å². The highest BCUT2D eigenvalue weighted by Gasteiger charge is 2.17. The molecule has 0 aromatic rings. The standard InChI is InChI=1S/C3H3Br3O2Si/c4-9(5,6)2-1-3(7)8/h1-2H,(H,7,8). The van der Waals surface area contributed by atoms with E-state index in [1.54, 1.807) is 5.70 Å². The Bertz CT molecular complexity index is 138. The number of hydrogen-bond donors (Lipinski definition) is 1. The maximum Gasteiger partial charge on any atom is 0.327 e. The predicted octanol–water partition coefficient (Wildman–Crippen LogP) is 2.29. The van der Waals surface area contributed by atoms with Crippen molar-refractivity contribution in [1.82, 2.24) is 0 Å². The van der Waals surface area contributed by atoms with E-state index in [0.29, 0.717) is 0 Å². The summed E-state index contributed by atoms with van der Waals surface area (Å²) in [5, 5.41) is 8.15. The van der Waals surface area contributed by atoms with Crippen LogP contribution in [0, 0.1) is 0 Å². The van der Waals surface area contributed by atoms with Gasteiger partial charge >= 0.3 is 5.97 Å². The summed E-state index contributed by atoms with van der Waals surface area (Å²) >= 11 is 9.69. The van der Waals surface area contributed by atoms with E-state index in [0.717, 1.165) is 6.08 Å². The molecule has 0 aromatic carbocycles. The molecule has 0 aliphatic heterocycles. The van der Waals surface area contributed by atoms with Crippen molar-refractivity contribution in [3.8, 4) is 0 Å². The second kappa shape index (κ2) is 3.90. The Hall–Kier alpha value is 0.867. The number of carboxylic acid groups (broad SMARTS) is 1. The highest BCUT2D eigenvalue weighted by Crippen LogP contribution is 2.28. The van der Waals surface area contributed by atoms with E-state index in [-0.39, 0.29) is 0 Å². The van der Waals surface area contributed by atoms with Gasteiger partial charge in [-0.3, -0.25) is 0 Å². The van der Waals surface area contributed by atoms with Crippen LogP contribution in [0.5, 0.6) is 0 Å². The lowest BCUT2D eigenvalue weighted by atomic mass is 10.7. The van der Waals surface area contributed by atoms with E-state index in [2.05, 4.69) is 45.9 Å². The number of carboxylic acids is 1. The molecule has 52 valence electrons. The summed E-state index contributed by atoms with van der Waals surface area (Å²) in [6.45, 7) is 0. The normalized spacial score (nSPS) is 12.3. The van der Waals surface area contributed by atoms with Crippen LogP contribution in [-0.4, -0.2) is 15.0 Å². The van der Waals surface area contributed by atoms with Crippen molar-refractivity contribution >= 4 is 55.8 Å². The Balaban J connectivity index is 3.86. The highest BCUT2D eigenvalue weighted by molar-refractivity contribution is 9.72. The molecule has 0 amide bonds. The van der Waals surface area contributed by atoms with Crippen LogP contribution < -0.4 is 0 Å². The molecule has 0 atom stereocenters. The molecule has 0 spiro atoms. The summed E-state index contributed by atoms with van der Waals surface area (Å²) in [6, 6.07) is 0. The van der Waals surface area contributed by atoms with Crippen molar-refractivity contribution in [3.63, 3.8) is 0 Å². The fourth-order valence-corrected chi connectivity index (χ4v) is 1.69. The zero-order valence-electron chi connectivity index (χ0n) is 4.14. The number of halogens is 3. The quantitative estimate of drug-likeness (QED) is 0.476. The fourth-order valence-electron chi connectivity index (χ4n) is 0.166. The van der Waals surface area contributed by atoms with Crippen molar-refractivity contribution in [2.75, 3.05) is 0 Å². The van der Waals surface area contributed by atoms with Crippen molar-refractivity contribution in [2.24, 2.45) is 0 Å². The van der Waals surface area contributed by atoms with Crippen molar-refractivity contribution < 1.29 is 9.90 Å². The van der Waals surface area contributed by atoms with Gasteiger partial charge in [0.25, 0.3) is 3.93 Å². The van der Waals surface area contributed by atoms with Crippen molar-refractivity contribution in [1.29, 1.82) is 0 Å². The smallest absolute Gasteiger partial charge is 0.327 e. The van der Waals surface area contributed by atoms with Gasteiger partial charge in [0.05, 0.1) is 0 Å². The first-order valence-corrected chi connectivity index (χ1v) is 10.8. The Morgan fingerprint density at radius 2 is 1.89 bits per heavy atom. The van der Waals surface area contributed by atoms with Crippen molar-refractivity contribution in [3.05, 3.63) is 11.8 Å². The molecule has 0 fully saturated rings. The van der Waals surface area contributed by atoms with Crippen LogP contribution in [0.2, 0.25) is 0 Å². The van der Waals surface area contributed by atoms with Crippen LogP contribution in [-0.2, 0) is 4.79 Å². The van der Waals surface area contributed by atoms with E-state index < -0.39 is 9.90 Å². The first kappa shape index (κ1) is 9.87. The molecule has 0 radical (unpaired) electrons. The molecular formula is C3H3Br3O2Si. The van der Waals surface area contributed by atoms with Gasteiger partial charge in [-0.1, -0.05) is 51.6 Å². The average Bonchev–Trinajstić information content (AvgIpc) is 1.59. The summed E-state index contributed by atoms with van der Waals surface area (Å²) in [7, 11) is 0. The molecule has 0 saturated heterocycles. The minimum Gasteiger partial charge on any atom is -0.478 e. The molecule has 0 aromatic heterocycles. The minimum absolute atomic E-state index is 0.940. The van der Waals surface area contributed by atoms with Gasteiger partial charge in [0, 0.05) is 6.08 Å². The molecule has 0 bridgehead atoms. The summed E-state index contributed by atoms with van der Waals surface area (Å²) in [6.07, 6.45) is 1.09. The zero-order chi connectivity index (χ0) is 7.49. The summed E-state index contributed by atoms with van der Waals surface area (Å²) < 4.78 is -1.84. The van der Waals surface area contributed by atoms with Gasteiger partial charge in [-0.15, -0.1) is 0 Å². The molecule has 0 heterocycles. The second-order valence-electron chi connectivity index (χ2n) is 1.21. The molecule has 2 nitrogen and oxygen atoms in total. The molecule has 0 unspecified atom stereocenters. The summed E-state index contributed by atoms with van der Waals surface area (Å²) in [5.74, 6) is -0.940. The molecule has 0 aliphatic carbocycles. The van der Waals surface area contributed by atoms with Crippen LogP contribution in [0.3, 0.4) is 0 Å². The van der Waals surface area contributed by atoms with Crippen LogP contribution in [0.15, 0.2) is 11.8 Å². The van der Waals surface area contributed by atoms with E-state index >= 15 is 0 Å². The van der Waals surface area contributed by atoms with Gasteiger partial charge in [0.15, 0.2) is 0 Å². The third-order valence-electron chi connectivity index (χ3n) is 0.415. The fraction of sp³-hybridized carbons (Fsp3) is 0. The summed E-state index contributed by atoms with van der Waals surface area (Å²) in [4.78, 5) is 9.92. The monoisotopic (exact) mass is 336 g/mol. The van der Waals surface area contributed by atoms with Crippen LogP contribution in [0.25, 0.3) is 0 Å². The van der Waals surface area contributed by atoms with E-state index in [4.69, 9.17) is 5.11 Å². The SMILES string of the molecule is O=C(O)C=C[Si](Br)(Br)Br. The molecule has 6 heteroatoms. The number of aliphatic carboxylic acids is 1. The van der Waals surface area contributed by atoms with Crippen LogP contribution in [0.4, 0.5) is 0 Å². The number of hydrogen-bond acceptors (Lipinski definition) is 1. The minimum atomic E-state index is -1.84. The maximum atomic E-state index is 9.92. The highest BCUT2D eigenvalue weighted by atomic mass is 80.0. The Kier molecular flexibility index (Phi) is 4.27. The third kappa shape index (κ3) is 8.87. The number of rotatable bonds is 2.